The zero-order chi connectivity index (χ0) is 18.6. The van der Waals surface area contributed by atoms with Crippen molar-refractivity contribution in [1.29, 1.82) is 0 Å². The molecule has 0 aromatic carbocycles. The highest BCUT2D eigenvalue weighted by Crippen LogP contribution is 2.11. The number of nitrogens with zero attached hydrogens (tertiary/aromatic N) is 6. The second-order valence-corrected chi connectivity index (χ2v) is 6.37. The molecule has 0 N–H and O–H groups in total. The van der Waals surface area contributed by atoms with Gasteiger partial charge in [-0.1, -0.05) is 19.0 Å². The highest BCUT2D eigenvalue weighted by atomic mass is 16.5. The van der Waals surface area contributed by atoms with E-state index in [0.29, 0.717) is 30.4 Å². The molecule has 0 aliphatic carbocycles. The summed E-state index contributed by atoms with van der Waals surface area (Å²) < 4.78 is 6.29. The summed E-state index contributed by atoms with van der Waals surface area (Å²) in [6, 6.07) is 1.45. The first-order chi connectivity index (χ1) is 11.8. The fraction of sp³-hybridized carbons (Fsp3) is 0.562. The fourth-order valence-electron chi connectivity index (χ4n) is 2.03. The Bertz CT molecular complexity index is 780. The van der Waals surface area contributed by atoms with Crippen LogP contribution in [0.5, 0.6) is 0 Å². The maximum absolute atomic E-state index is 12.3. The van der Waals surface area contributed by atoms with Crippen LogP contribution in [0.1, 0.15) is 31.5 Å². The summed E-state index contributed by atoms with van der Waals surface area (Å²) in [5.74, 6) is 1.11. The molecule has 136 valence electrons. The molecule has 0 aliphatic heterocycles. The summed E-state index contributed by atoms with van der Waals surface area (Å²) in [5, 5.41) is 7.93. The molecule has 0 radical (unpaired) electrons. The van der Waals surface area contributed by atoms with Gasteiger partial charge >= 0.3 is 0 Å². The Kier molecular flexibility index (Phi) is 5.89. The monoisotopic (exact) mass is 348 g/mol. The van der Waals surface area contributed by atoms with Crippen LogP contribution in [0, 0.1) is 0 Å². The van der Waals surface area contributed by atoms with Gasteiger partial charge in [0.2, 0.25) is 11.8 Å². The van der Waals surface area contributed by atoms with Crippen molar-refractivity contribution in [3.8, 4) is 0 Å². The van der Waals surface area contributed by atoms with Gasteiger partial charge in [-0.3, -0.25) is 9.59 Å². The quantitative estimate of drug-likeness (QED) is 0.719. The van der Waals surface area contributed by atoms with Crippen LogP contribution in [0.4, 0.5) is 5.69 Å². The molecule has 0 saturated heterocycles. The molecule has 9 nitrogen and oxygen atoms in total. The predicted octanol–water partition coefficient (Wildman–Crippen LogP) is 0.517. The minimum atomic E-state index is -0.312. The maximum atomic E-state index is 12.3. The van der Waals surface area contributed by atoms with Crippen LogP contribution in [0.3, 0.4) is 0 Å². The first-order valence-electron chi connectivity index (χ1n) is 8.09. The van der Waals surface area contributed by atoms with E-state index in [2.05, 4.69) is 15.2 Å². The number of aromatic nitrogens is 4. The van der Waals surface area contributed by atoms with Crippen LogP contribution < -0.4 is 10.5 Å². The minimum absolute atomic E-state index is 0.105. The van der Waals surface area contributed by atoms with Gasteiger partial charge in [-0.15, -0.1) is 0 Å². The average Bonchev–Trinajstić information content (AvgIpc) is 3.03. The van der Waals surface area contributed by atoms with Gasteiger partial charge in [-0.2, -0.15) is 10.1 Å². The second-order valence-electron chi connectivity index (χ2n) is 6.37. The molecule has 0 spiro atoms. The largest absolute Gasteiger partial charge is 0.376 e. The van der Waals surface area contributed by atoms with Crippen molar-refractivity contribution < 1.29 is 9.32 Å². The molecule has 0 unspecified atom stereocenters. The van der Waals surface area contributed by atoms with Gasteiger partial charge in [0, 0.05) is 46.1 Å². The van der Waals surface area contributed by atoms with Gasteiger partial charge in [0.1, 0.15) is 6.54 Å². The molecular formula is C16H24N6O3. The van der Waals surface area contributed by atoms with Crippen LogP contribution in [-0.4, -0.2) is 58.4 Å². The van der Waals surface area contributed by atoms with Gasteiger partial charge in [0.15, 0.2) is 5.82 Å². The maximum Gasteiger partial charge on any atom is 0.269 e. The summed E-state index contributed by atoms with van der Waals surface area (Å²) in [6.45, 7) is 4.27. The third-order valence-corrected chi connectivity index (χ3v) is 3.73. The summed E-state index contributed by atoms with van der Waals surface area (Å²) in [5.41, 5.74) is 0.382. The van der Waals surface area contributed by atoms with Gasteiger partial charge < -0.3 is 14.3 Å². The molecular weight excluding hydrogens is 324 g/mol. The van der Waals surface area contributed by atoms with Crippen LogP contribution >= 0.6 is 0 Å². The van der Waals surface area contributed by atoms with Crippen molar-refractivity contribution in [3.63, 3.8) is 0 Å². The number of anilines is 1. The van der Waals surface area contributed by atoms with Crippen molar-refractivity contribution in [2.75, 3.05) is 32.6 Å². The van der Waals surface area contributed by atoms with E-state index >= 15 is 0 Å². The van der Waals surface area contributed by atoms with E-state index in [1.807, 2.05) is 27.9 Å². The van der Waals surface area contributed by atoms with Crippen molar-refractivity contribution in [3.05, 3.63) is 34.3 Å². The Hall–Kier alpha value is -2.71. The van der Waals surface area contributed by atoms with Gasteiger partial charge in [-0.25, -0.2) is 4.68 Å². The summed E-state index contributed by atoms with van der Waals surface area (Å²) in [7, 11) is 5.32. The molecule has 0 aliphatic rings. The number of likely N-dealkylation sites (N-methyl/N-ethyl adjacent to an activating group) is 1. The van der Waals surface area contributed by atoms with Crippen LogP contribution in [-0.2, 0) is 17.8 Å². The average molecular weight is 348 g/mol. The molecule has 2 rings (SSSR count). The number of amides is 1. The minimum Gasteiger partial charge on any atom is -0.376 e. The van der Waals surface area contributed by atoms with Gasteiger partial charge in [0.05, 0.1) is 11.9 Å². The number of carbonyl (C=O) groups excluding carboxylic acids is 1. The summed E-state index contributed by atoms with van der Waals surface area (Å²) >= 11 is 0. The highest BCUT2D eigenvalue weighted by molar-refractivity contribution is 5.75. The van der Waals surface area contributed by atoms with Crippen LogP contribution in [0.25, 0.3) is 0 Å². The third kappa shape index (κ3) is 4.88. The van der Waals surface area contributed by atoms with Crippen molar-refractivity contribution in [2.45, 2.75) is 32.7 Å². The van der Waals surface area contributed by atoms with Crippen molar-refractivity contribution in [2.24, 2.45) is 0 Å². The first kappa shape index (κ1) is 18.6. The molecule has 0 bridgehead atoms. The zero-order valence-electron chi connectivity index (χ0n) is 15.3. The van der Waals surface area contributed by atoms with Gasteiger partial charge in [0.25, 0.3) is 5.56 Å². The van der Waals surface area contributed by atoms with E-state index in [4.69, 9.17) is 4.52 Å². The lowest BCUT2D eigenvalue weighted by molar-refractivity contribution is -0.130. The Morgan fingerprint density at radius 1 is 1.32 bits per heavy atom. The van der Waals surface area contributed by atoms with Crippen LogP contribution in [0.15, 0.2) is 21.6 Å². The molecule has 0 saturated carbocycles. The fourth-order valence-corrected chi connectivity index (χ4v) is 2.03. The summed E-state index contributed by atoms with van der Waals surface area (Å²) in [4.78, 5) is 31.9. The van der Waals surface area contributed by atoms with Crippen molar-refractivity contribution in [1.82, 2.24) is 24.8 Å². The van der Waals surface area contributed by atoms with E-state index in [0.717, 1.165) is 4.68 Å². The van der Waals surface area contributed by atoms with E-state index in [-0.39, 0.29) is 23.9 Å². The topological polar surface area (TPSA) is 97.4 Å². The first-order valence-corrected chi connectivity index (χ1v) is 8.09. The number of carbonyl (C=O) groups is 1. The Balaban J connectivity index is 1.92. The van der Waals surface area contributed by atoms with E-state index in [9.17, 15) is 9.59 Å². The Morgan fingerprint density at radius 2 is 2.04 bits per heavy atom. The number of hydrogen-bond acceptors (Lipinski definition) is 7. The third-order valence-electron chi connectivity index (χ3n) is 3.73. The van der Waals surface area contributed by atoms with E-state index < -0.39 is 0 Å². The van der Waals surface area contributed by atoms with Crippen molar-refractivity contribution >= 4 is 11.6 Å². The predicted molar refractivity (Wildman–Crippen MR) is 92.6 cm³/mol. The molecule has 1 amide bonds. The smallest absolute Gasteiger partial charge is 0.269 e. The molecule has 2 aromatic heterocycles. The molecule has 0 atom stereocenters. The lowest BCUT2D eigenvalue weighted by atomic mass is 10.2. The normalized spacial score (nSPS) is 11.0. The molecule has 2 aromatic rings. The molecule has 25 heavy (non-hydrogen) atoms. The van der Waals surface area contributed by atoms with Gasteiger partial charge in [-0.05, 0) is 0 Å². The molecule has 9 heteroatoms. The van der Waals surface area contributed by atoms with Crippen LogP contribution in [0.2, 0.25) is 0 Å². The van der Waals surface area contributed by atoms with E-state index in [1.54, 1.807) is 18.1 Å². The second kappa shape index (κ2) is 7.91. The van der Waals surface area contributed by atoms with E-state index in [1.165, 1.54) is 11.0 Å². The number of rotatable bonds is 7. The standard InChI is InChI=1S/C16H24N6O3/c1-11(2)16-18-13(19-25-16)6-7-21(5)15(24)10-22-14(23)8-12(9-17-22)20(3)4/h8-9,11H,6-7,10H2,1-5H3. The Morgan fingerprint density at radius 3 is 2.60 bits per heavy atom. The zero-order valence-corrected chi connectivity index (χ0v) is 15.3. The lowest BCUT2D eigenvalue weighted by Gasteiger charge is -2.17. The highest BCUT2D eigenvalue weighted by Gasteiger charge is 2.14. The Labute approximate surface area is 146 Å². The number of hydrogen-bond donors (Lipinski definition) is 0. The lowest BCUT2D eigenvalue weighted by Crippen LogP contribution is -2.36. The summed E-state index contributed by atoms with van der Waals surface area (Å²) in [6.07, 6.45) is 2.04. The molecule has 0 fully saturated rings. The molecule has 2 heterocycles. The SMILES string of the molecule is CC(C)c1nc(CCN(C)C(=O)Cn2ncc(N(C)C)cc2=O)no1.